The second-order valence-electron chi connectivity index (χ2n) is 20.5. The van der Waals surface area contributed by atoms with E-state index in [2.05, 4.69) is 42.2 Å². The molecule has 80 heavy (non-hydrogen) atoms. The number of phosphoric acid groups is 2. The second kappa shape index (κ2) is 42.3. The predicted octanol–water partition coefficient (Wildman–Crippen LogP) is 9.29. The van der Waals surface area contributed by atoms with Crippen LogP contribution < -0.4 is 17.2 Å². The lowest BCUT2D eigenvalue weighted by Gasteiger charge is -2.23. The van der Waals surface area contributed by atoms with Crippen molar-refractivity contribution in [2.75, 3.05) is 31.3 Å². The number of carboxylic acids is 1. The molecule has 0 amide bonds. The Morgan fingerprint density at radius 3 is 2.05 bits per heavy atom. The third-order valence-electron chi connectivity index (χ3n) is 12.8. The van der Waals surface area contributed by atoms with Gasteiger partial charge in [-0.3, -0.25) is 28.0 Å². The number of phosphoric ester groups is 2. The van der Waals surface area contributed by atoms with Crippen molar-refractivity contribution >= 4 is 51.1 Å². The first-order valence-corrected chi connectivity index (χ1v) is 32.5. The predicted molar refractivity (Wildman–Crippen MR) is 308 cm³/mol. The van der Waals surface area contributed by atoms with Gasteiger partial charge in [0.25, 0.3) is 0 Å². The highest BCUT2D eigenvalue weighted by Crippen LogP contribution is 2.60. The maximum atomic E-state index is 13.4. The van der Waals surface area contributed by atoms with Crippen LogP contribution in [0.2, 0.25) is 0 Å². The average Bonchev–Trinajstić information content (AvgIpc) is 3.67. The van der Waals surface area contributed by atoms with Crippen LogP contribution >= 0.6 is 27.4 Å². The van der Waals surface area contributed by atoms with Gasteiger partial charge in [0.1, 0.15) is 36.8 Å². The number of esters is 2. The van der Waals surface area contributed by atoms with Crippen LogP contribution in [0.15, 0.2) is 65.7 Å². The molecule has 10 atom stereocenters. The summed E-state index contributed by atoms with van der Waals surface area (Å²) in [7, 11) is -11.1. The van der Waals surface area contributed by atoms with Crippen LogP contribution in [0.3, 0.4) is 0 Å². The molecular formula is C55H94N4O18P2S. The lowest BCUT2D eigenvalue weighted by Crippen LogP contribution is -2.40. The molecule has 1 aromatic rings. The van der Waals surface area contributed by atoms with Gasteiger partial charge in [0.2, 0.25) is 0 Å². The largest absolute Gasteiger partial charge is 0.481 e. The van der Waals surface area contributed by atoms with Crippen molar-refractivity contribution in [3.63, 3.8) is 0 Å². The van der Waals surface area contributed by atoms with Gasteiger partial charge in [-0.2, -0.15) is 9.29 Å². The number of carbonyl (C=O) groups is 3. The SMILES string of the molecule is CCCCC/C=C\C\C=C/C=C/C=C/[C@@H](SC[C@H](N)C(=O)O[C@H](COC(=O)CCCCCCCCCCCCCCCCC(C)C)COP(=O)(O)OP(=O)(O)OC[C@H]1O[C@@H](n2ccc(N)nc2=O)[C@H](O)[C@@H]1O)[C@@H](O)CCCC(=O)O. The van der Waals surface area contributed by atoms with E-state index in [9.17, 15) is 53.4 Å². The summed E-state index contributed by atoms with van der Waals surface area (Å²) >= 11 is 1.09. The van der Waals surface area contributed by atoms with Crippen molar-refractivity contribution < 1.29 is 81.3 Å². The minimum Gasteiger partial charge on any atom is -0.481 e. The van der Waals surface area contributed by atoms with E-state index < -0.39 is 107 Å². The third-order valence-corrected chi connectivity index (χ3v) is 16.9. The molecule has 2 rings (SSSR count). The van der Waals surface area contributed by atoms with Crippen molar-refractivity contribution in [3.05, 3.63) is 71.4 Å². The van der Waals surface area contributed by atoms with Crippen LogP contribution in [0.5, 0.6) is 0 Å². The summed E-state index contributed by atoms with van der Waals surface area (Å²) in [6, 6.07) is -0.159. The number of anilines is 1. The Hall–Kier alpha value is -3.54. The van der Waals surface area contributed by atoms with E-state index in [1.54, 1.807) is 18.2 Å². The minimum absolute atomic E-state index is 0.0261. The number of unbranched alkanes of at least 4 members (excludes halogenated alkanes) is 16. The van der Waals surface area contributed by atoms with Gasteiger partial charge in [-0.05, 0) is 50.5 Å². The molecular weight excluding hydrogens is 1100 g/mol. The number of allylic oxidation sites excluding steroid dienone is 7. The van der Waals surface area contributed by atoms with Crippen molar-refractivity contribution in [1.29, 1.82) is 0 Å². The van der Waals surface area contributed by atoms with Crippen molar-refractivity contribution in [1.82, 2.24) is 9.55 Å². The van der Waals surface area contributed by atoms with E-state index in [4.69, 9.17) is 39.8 Å². The lowest BCUT2D eigenvalue weighted by atomic mass is 10.0. The number of aliphatic hydroxyl groups excluding tert-OH is 3. The number of hydrogen-bond acceptors (Lipinski definition) is 19. The number of carboxylic acid groups (broad SMARTS) is 1. The fourth-order valence-electron chi connectivity index (χ4n) is 8.28. The molecule has 0 bridgehead atoms. The number of ether oxygens (including phenoxy) is 3. The van der Waals surface area contributed by atoms with Crippen LogP contribution in [0.4, 0.5) is 5.82 Å². The number of carbonyl (C=O) groups excluding carboxylic acids is 2. The van der Waals surface area contributed by atoms with Gasteiger partial charge < -0.3 is 55.9 Å². The van der Waals surface area contributed by atoms with Gasteiger partial charge in [0.15, 0.2) is 12.3 Å². The summed E-state index contributed by atoms with van der Waals surface area (Å²) in [5, 5.41) is 40.6. The first-order valence-electron chi connectivity index (χ1n) is 28.4. The second-order valence-corrected chi connectivity index (χ2v) is 24.7. The van der Waals surface area contributed by atoms with E-state index in [0.29, 0.717) is 6.42 Å². The van der Waals surface area contributed by atoms with Crippen LogP contribution in [0, 0.1) is 5.92 Å². The molecule has 1 saturated heterocycles. The molecule has 1 aromatic heterocycles. The number of nitrogens with zero attached hydrogens (tertiary/aromatic N) is 2. The molecule has 0 radical (unpaired) electrons. The Morgan fingerprint density at radius 2 is 1.43 bits per heavy atom. The molecule has 1 aliphatic heterocycles. The maximum Gasteiger partial charge on any atom is 0.481 e. The quantitative estimate of drug-likeness (QED) is 0.00990. The summed E-state index contributed by atoms with van der Waals surface area (Å²) < 4.78 is 57.2. The van der Waals surface area contributed by atoms with E-state index in [1.807, 2.05) is 18.2 Å². The Bertz CT molecular complexity index is 2180. The fraction of sp³-hybridized carbons (Fsp3) is 0.727. The minimum atomic E-state index is -5.58. The highest BCUT2D eigenvalue weighted by Gasteiger charge is 2.46. The van der Waals surface area contributed by atoms with Crippen molar-refractivity contribution in [2.45, 2.75) is 223 Å². The third kappa shape index (κ3) is 34.2. The number of hydrogen-bond donors (Lipinski definition) is 8. The van der Waals surface area contributed by atoms with Gasteiger partial charge in [-0.15, -0.1) is 11.8 Å². The molecule has 2 unspecified atom stereocenters. The molecule has 0 saturated carbocycles. The van der Waals surface area contributed by atoms with E-state index in [0.717, 1.165) is 86.2 Å². The highest BCUT2D eigenvalue weighted by atomic mass is 32.2. The van der Waals surface area contributed by atoms with Gasteiger partial charge in [0, 0.05) is 30.0 Å². The van der Waals surface area contributed by atoms with Crippen LogP contribution in [-0.4, -0.2) is 125 Å². The summed E-state index contributed by atoms with van der Waals surface area (Å²) in [5.41, 5.74) is 10.8. The van der Waals surface area contributed by atoms with Crippen molar-refractivity contribution in [3.8, 4) is 0 Å². The van der Waals surface area contributed by atoms with Gasteiger partial charge in [-0.1, -0.05) is 172 Å². The molecule has 1 fully saturated rings. The molecule has 0 aliphatic carbocycles. The number of aliphatic carboxylic acids is 1. The van der Waals surface area contributed by atoms with Gasteiger partial charge in [-0.25, -0.2) is 13.9 Å². The summed E-state index contributed by atoms with van der Waals surface area (Å²) in [4.78, 5) is 74.2. The Labute approximate surface area is 477 Å². The van der Waals surface area contributed by atoms with Crippen LogP contribution in [0.1, 0.15) is 181 Å². The molecule has 1 aliphatic rings. The molecule has 10 N–H and O–H groups in total. The first-order chi connectivity index (χ1) is 38.1. The Balaban J connectivity index is 2.03. The van der Waals surface area contributed by atoms with Crippen molar-refractivity contribution in [2.24, 2.45) is 11.7 Å². The van der Waals surface area contributed by atoms with Gasteiger partial charge >= 0.3 is 39.2 Å². The molecule has 0 aromatic carbocycles. The monoisotopic (exact) mass is 1190 g/mol. The van der Waals surface area contributed by atoms with E-state index in [1.165, 1.54) is 70.3 Å². The zero-order valence-electron chi connectivity index (χ0n) is 47.2. The topological polar surface area (TPSA) is 349 Å². The summed E-state index contributed by atoms with van der Waals surface area (Å²) in [6.07, 6.45) is 29.5. The van der Waals surface area contributed by atoms with Crippen LogP contribution in [0.25, 0.3) is 0 Å². The smallest absolute Gasteiger partial charge is 0.481 e. The summed E-state index contributed by atoms with van der Waals surface area (Å²) in [6.45, 7) is 3.97. The molecule has 25 heteroatoms. The Morgan fingerprint density at radius 1 is 0.800 bits per heavy atom. The Kier molecular flexibility index (Phi) is 38.4. The maximum absolute atomic E-state index is 13.4. The average molecular weight is 1190 g/mol. The van der Waals surface area contributed by atoms with Gasteiger partial charge in [0.05, 0.1) is 19.3 Å². The lowest BCUT2D eigenvalue weighted by molar-refractivity contribution is -0.161. The normalized spacial score (nSPS) is 19.9. The number of nitrogens with two attached hydrogens (primary N) is 2. The fourth-order valence-corrected chi connectivity index (χ4v) is 11.5. The summed E-state index contributed by atoms with van der Waals surface area (Å²) in [5.74, 6) is -2.24. The number of rotatable bonds is 47. The molecule has 0 spiro atoms. The molecule has 458 valence electrons. The highest BCUT2D eigenvalue weighted by molar-refractivity contribution is 8.00. The number of thioether (sulfide) groups is 1. The van der Waals surface area contributed by atoms with Crippen LogP contribution in [-0.2, 0) is 51.1 Å². The molecule has 2 heterocycles. The molecule has 22 nitrogen and oxygen atoms in total. The number of aromatic nitrogens is 2. The first kappa shape index (κ1) is 72.6. The number of nitrogen functional groups attached to an aromatic ring is 1. The van der Waals surface area contributed by atoms with E-state index >= 15 is 0 Å². The zero-order chi connectivity index (χ0) is 59.2. The standard InChI is InChI=1S/C55H94N4O18P2S/c1-4-5-6-7-8-9-10-16-19-22-25-28-33-47(45(60)32-30-34-49(61)62)80-41-44(56)54(66)75-43(38-72-50(63)35-29-26-23-20-17-14-12-11-13-15-18-21-24-27-31-42(2)3)39-73-78(68,69)77-79(70,71)74-40-46-51(64)52(65)53(76-46)59-37-36-48(57)58-55(59)67/h8-9,16,19,22,25,28,33,36-37,42-47,51-53,60,64-65H,4-7,10-15,17-18,20-21,23-24,26-27,29-32,34-35,38-41,56H2,1-3H3,(H,61,62)(H,68,69)(H,70,71)(H2,57,58,67)/b9-8-,19-16-,25-22+,33-28+/t43-,44+,45+,46-,47-,51-,52-,53-/m1/s1. The van der Waals surface area contributed by atoms with E-state index in [-0.39, 0.29) is 37.3 Å². The zero-order valence-corrected chi connectivity index (χ0v) is 49.8. The number of aliphatic hydroxyl groups is 3.